The van der Waals surface area contributed by atoms with Crippen LogP contribution >= 0.6 is 0 Å². The number of carbonyl (C=O) groups excluding carboxylic acids is 1. The van der Waals surface area contributed by atoms with Crippen LogP contribution in [-0.2, 0) is 11.3 Å². The maximum absolute atomic E-state index is 12.9. The van der Waals surface area contributed by atoms with Crippen molar-refractivity contribution >= 4 is 5.91 Å². The van der Waals surface area contributed by atoms with Crippen LogP contribution in [0.1, 0.15) is 40.7 Å². The average molecular weight is 410 g/mol. The first kappa shape index (κ1) is 20.8. The summed E-state index contributed by atoms with van der Waals surface area (Å²) in [6, 6.07) is 9.26. The highest BCUT2D eigenvalue weighted by molar-refractivity contribution is 5.97. The van der Waals surface area contributed by atoms with E-state index in [0.717, 1.165) is 44.5 Å². The lowest BCUT2D eigenvalue weighted by molar-refractivity contribution is 0.0455. The molecule has 6 nitrogen and oxygen atoms in total. The smallest absolute Gasteiger partial charge is 0.257 e. The molecular formula is C24H31N3O3. The monoisotopic (exact) mass is 409 g/mol. The molecule has 6 heteroatoms. The van der Waals surface area contributed by atoms with Gasteiger partial charge in [-0.05, 0) is 62.4 Å². The van der Waals surface area contributed by atoms with Crippen LogP contribution in [-0.4, -0.2) is 65.2 Å². The quantitative estimate of drug-likeness (QED) is 0.821. The van der Waals surface area contributed by atoms with E-state index in [0.29, 0.717) is 18.7 Å². The maximum atomic E-state index is 12.9. The van der Waals surface area contributed by atoms with Crippen molar-refractivity contribution in [3.8, 4) is 5.75 Å². The zero-order valence-electron chi connectivity index (χ0n) is 17.9. The Kier molecular flexibility index (Phi) is 6.06. The van der Waals surface area contributed by atoms with Crippen LogP contribution in [0.4, 0.5) is 0 Å². The molecule has 2 aliphatic rings. The summed E-state index contributed by atoms with van der Waals surface area (Å²) >= 11 is 0. The van der Waals surface area contributed by atoms with Crippen LogP contribution in [0.5, 0.6) is 5.75 Å². The molecule has 1 unspecified atom stereocenters. The first-order valence-electron chi connectivity index (χ1n) is 10.7. The van der Waals surface area contributed by atoms with Crippen LogP contribution in [0.15, 0.2) is 42.7 Å². The number of nitrogens with zero attached hydrogens (tertiary/aromatic N) is 3. The molecule has 1 N–H and O–H groups in total. The molecule has 2 aromatic rings. The molecule has 1 spiro atoms. The molecule has 160 valence electrons. The van der Waals surface area contributed by atoms with Crippen molar-refractivity contribution in [2.45, 2.75) is 38.8 Å². The number of ether oxygens (including phenoxy) is 1. The highest BCUT2D eigenvalue weighted by Crippen LogP contribution is 2.42. The number of likely N-dealkylation sites (N-methyl/N-ethyl adjacent to an activating group) is 1. The maximum Gasteiger partial charge on any atom is 0.257 e. The Bertz CT molecular complexity index is 879. The van der Waals surface area contributed by atoms with Gasteiger partial charge in [-0.3, -0.25) is 14.7 Å². The fraction of sp³-hybridized carbons (Fsp3) is 0.500. The molecule has 1 aromatic carbocycles. The van der Waals surface area contributed by atoms with E-state index < -0.39 is 0 Å². The number of hydrogen-bond acceptors (Lipinski definition) is 5. The van der Waals surface area contributed by atoms with Crippen molar-refractivity contribution in [2.24, 2.45) is 5.41 Å². The zero-order valence-corrected chi connectivity index (χ0v) is 17.9. The Morgan fingerprint density at radius 1 is 1.33 bits per heavy atom. The van der Waals surface area contributed by atoms with Gasteiger partial charge in [0.2, 0.25) is 0 Å². The van der Waals surface area contributed by atoms with Gasteiger partial charge in [0, 0.05) is 38.6 Å². The number of phenolic OH excluding ortho intramolecular Hbond substituents is 1. The zero-order chi connectivity index (χ0) is 21.1. The van der Waals surface area contributed by atoms with Crippen molar-refractivity contribution in [2.75, 3.05) is 33.3 Å². The van der Waals surface area contributed by atoms with E-state index >= 15 is 0 Å². The molecule has 1 atom stereocenters. The summed E-state index contributed by atoms with van der Waals surface area (Å²) in [6.45, 7) is 5.90. The van der Waals surface area contributed by atoms with Crippen molar-refractivity contribution in [3.63, 3.8) is 0 Å². The normalized spacial score (nSPS) is 20.8. The summed E-state index contributed by atoms with van der Waals surface area (Å²) in [5, 5.41) is 10.1. The molecule has 1 aromatic heterocycles. The molecule has 0 bridgehead atoms. The molecule has 1 amide bonds. The van der Waals surface area contributed by atoms with Crippen molar-refractivity contribution in [1.29, 1.82) is 0 Å². The molecule has 2 aliphatic heterocycles. The lowest BCUT2D eigenvalue weighted by Crippen LogP contribution is -2.43. The number of amides is 1. The standard InChI is InChI=1S/C24H31N3O3/c1-18-5-6-22(28)21(12-18)23(29)27-10-7-24(8-11-27)13-20(30-17-24)16-26(2)15-19-4-3-9-25-14-19/h3-6,9,12,14,20,28H,7-8,10-11,13,15-17H2,1-2H3. The van der Waals surface area contributed by atoms with Gasteiger partial charge in [-0.25, -0.2) is 0 Å². The third kappa shape index (κ3) is 4.65. The lowest BCUT2D eigenvalue weighted by Gasteiger charge is -2.38. The summed E-state index contributed by atoms with van der Waals surface area (Å²) in [5.74, 6) is -0.00970. The number of carbonyl (C=O) groups is 1. The molecule has 2 saturated heterocycles. The van der Waals surface area contributed by atoms with Crippen LogP contribution in [0, 0.1) is 12.3 Å². The highest BCUT2D eigenvalue weighted by atomic mass is 16.5. The Morgan fingerprint density at radius 2 is 2.13 bits per heavy atom. The van der Waals surface area contributed by atoms with Gasteiger partial charge < -0.3 is 14.7 Å². The van der Waals surface area contributed by atoms with Gasteiger partial charge in [0.25, 0.3) is 5.91 Å². The second-order valence-electron chi connectivity index (χ2n) is 9.01. The minimum absolute atomic E-state index is 0.0619. The van der Waals surface area contributed by atoms with E-state index in [2.05, 4.69) is 23.0 Å². The van der Waals surface area contributed by atoms with E-state index in [4.69, 9.17) is 4.74 Å². The molecule has 0 radical (unpaired) electrons. The van der Waals surface area contributed by atoms with Gasteiger partial charge in [-0.1, -0.05) is 17.7 Å². The summed E-state index contributed by atoms with van der Waals surface area (Å²) in [5.41, 5.74) is 2.76. The van der Waals surface area contributed by atoms with Crippen LogP contribution < -0.4 is 0 Å². The van der Waals surface area contributed by atoms with Crippen LogP contribution in [0.2, 0.25) is 0 Å². The number of phenols is 1. The predicted octanol–water partition coefficient (Wildman–Crippen LogP) is 3.24. The number of aromatic nitrogens is 1. The fourth-order valence-electron chi connectivity index (χ4n) is 4.75. The van der Waals surface area contributed by atoms with Gasteiger partial charge >= 0.3 is 0 Å². The number of rotatable bonds is 5. The van der Waals surface area contributed by atoms with E-state index in [1.807, 2.05) is 30.2 Å². The van der Waals surface area contributed by atoms with Crippen molar-refractivity contribution < 1.29 is 14.6 Å². The van der Waals surface area contributed by atoms with E-state index in [1.54, 1.807) is 18.3 Å². The predicted molar refractivity (Wildman–Crippen MR) is 115 cm³/mol. The molecule has 0 saturated carbocycles. The first-order valence-corrected chi connectivity index (χ1v) is 10.7. The van der Waals surface area contributed by atoms with Crippen LogP contribution in [0.3, 0.4) is 0 Å². The Morgan fingerprint density at radius 3 is 2.87 bits per heavy atom. The molecule has 0 aliphatic carbocycles. The summed E-state index contributed by atoms with van der Waals surface area (Å²) in [7, 11) is 2.12. The van der Waals surface area contributed by atoms with Crippen molar-refractivity contribution in [1.82, 2.24) is 14.8 Å². The molecule has 4 rings (SSSR count). The first-order chi connectivity index (χ1) is 14.4. The van der Waals surface area contributed by atoms with Crippen LogP contribution in [0.25, 0.3) is 0 Å². The van der Waals surface area contributed by atoms with E-state index in [-0.39, 0.29) is 23.2 Å². The number of hydrogen-bond donors (Lipinski definition) is 1. The Hall–Kier alpha value is -2.44. The SMILES string of the molecule is Cc1ccc(O)c(C(=O)N2CCC3(CC2)COC(CN(C)Cc2cccnc2)C3)c1. The highest BCUT2D eigenvalue weighted by Gasteiger charge is 2.43. The summed E-state index contributed by atoms with van der Waals surface area (Å²) < 4.78 is 6.17. The average Bonchev–Trinajstić information content (AvgIpc) is 3.12. The molecule has 3 heterocycles. The van der Waals surface area contributed by atoms with Crippen molar-refractivity contribution in [3.05, 3.63) is 59.4 Å². The van der Waals surface area contributed by atoms with E-state index in [9.17, 15) is 9.90 Å². The van der Waals surface area contributed by atoms with Gasteiger partial charge in [0.15, 0.2) is 0 Å². The fourth-order valence-corrected chi connectivity index (χ4v) is 4.75. The topological polar surface area (TPSA) is 65.9 Å². The van der Waals surface area contributed by atoms with E-state index in [1.165, 1.54) is 5.56 Å². The number of piperidine rings is 1. The Balaban J connectivity index is 1.29. The third-order valence-corrected chi connectivity index (χ3v) is 6.47. The summed E-state index contributed by atoms with van der Waals surface area (Å²) in [4.78, 5) is 21.2. The van der Waals surface area contributed by atoms with Gasteiger partial charge in [0.05, 0.1) is 18.3 Å². The minimum Gasteiger partial charge on any atom is -0.507 e. The third-order valence-electron chi connectivity index (χ3n) is 6.47. The molecule has 30 heavy (non-hydrogen) atoms. The van der Waals surface area contributed by atoms with Gasteiger partial charge in [0.1, 0.15) is 5.75 Å². The van der Waals surface area contributed by atoms with Gasteiger partial charge in [-0.2, -0.15) is 0 Å². The Labute approximate surface area is 178 Å². The lowest BCUT2D eigenvalue weighted by atomic mass is 9.76. The van der Waals surface area contributed by atoms with Gasteiger partial charge in [-0.15, -0.1) is 0 Å². The second kappa shape index (κ2) is 8.74. The number of pyridine rings is 1. The molecule has 2 fully saturated rings. The minimum atomic E-state index is -0.0716. The summed E-state index contributed by atoms with van der Waals surface area (Å²) in [6.07, 6.45) is 6.89. The number of aromatic hydroxyl groups is 1. The number of aryl methyl sites for hydroxylation is 1. The second-order valence-corrected chi connectivity index (χ2v) is 9.01. The largest absolute Gasteiger partial charge is 0.507 e. The number of likely N-dealkylation sites (tertiary alicyclic amines) is 1. The number of benzene rings is 1. The molecular weight excluding hydrogens is 378 g/mol.